The van der Waals surface area contributed by atoms with Gasteiger partial charge in [-0.15, -0.1) is 0 Å². The highest BCUT2D eigenvalue weighted by molar-refractivity contribution is 5.74. The first-order chi connectivity index (χ1) is 36.6. The predicted molar refractivity (Wildman–Crippen MR) is 303 cm³/mol. The van der Waals surface area contributed by atoms with Gasteiger partial charge in [-0.25, -0.2) is 4.79 Å². The van der Waals surface area contributed by atoms with Crippen molar-refractivity contribution < 1.29 is 58.2 Å². The molecular weight excluding hydrogens is 949 g/mol. The van der Waals surface area contributed by atoms with Gasteiger partial charge < -0.3 is 39.0 Å². The SMILES string of the molecule is CC/C=C\C/C=C\C/C=C\C/C=C\CCC(=O)OC(COC(=O)CCCCCCCC/C=C\C/C=C\C/C=C\CCCCC)COC1OC(C(=O)O)C(O)C(O)C1OC(=O)CCCCCCCCCCCCCCC. The number of aliphatic hydroxyl groups excluding tert-OH is 2. The standard InChI is InChI=1S/C63H104O12/c1-4-7-10-13-16-19-22-25-26-27-28-29-30-33-34-37-40-43-46-49-55(64)71-52-54(73-56(65)50-47-44-41-38-35-31-23-20-17-14-11-8-5-2)53-72-63-61(59(68)58(67)60(75-63)62(69)70)74-57(66)51-48-45-42-39-36-32-24-21-18-15-12-9-6-3/h8,11,16-17,19-20,25-26,28-29,31,35,41,44,54,58-61,63,67-68H,4-7,9-10,12-15,18,21-24,27,30,32-34,36-40,42-43,45-53H2,1-3H3,(H,69,70)/b11-8-,19-16-,20-17-,26-25-,29-28-,35-31-,44-41-. The summed E-state index contributed by atoms with van der Waals surface area (Å²) in [5.41, 5.74) is 0. The Kier molecular flexibility index (Phi) is 46.6. The molecule has 1 saturated heterocycles. The Morgan fingerprint density at radius 1 is 0.453 bits per heavy atom. The van der Waals surface area contributed by atoms with E-state index in [1.807, 2.05) is 12.2 Å². The summed E-state index contributed by atoms with van der Waals surface area (Å²) >= 11 is 0. The molecule has 0 aromatic heterocycles. The maximum absolute atomic E-state index is 13.1. The number of esters is 3. The Morgan fingerprint density at radius 2 is 0.867 bits per heavy atom. The van der Waals surface area contributed by atoms with Crippen LogP contribution < -0.4 is 0 Å². The largest absolute Gasteiger partial charge is 0.479 e. The lowest BCUT2D eigenvalue weighted by Gasteiger charge is -2.40. The molecule has 0 saturated carbocycles. The van der Waals surface area contributed by atoms with Crippen molar-refractivity contribution >= 4 is 23.9 Å². The monoisotopic (exact) mass is 1050 g/mol. The van der Waals surface area contributed by atoms with Crippen LogP contribution >= 0.6 is 0 Å². The molecule has 428 valence electrons. The van der Waals surface area contributed by atoms with Crippen molar-refractivity contribution in [3.8, 4) is 0 Å². The summed E-state index contributed by atoms with van der Waals surface area (Å²) in [6.07, 6.45) is 52.9. The van der Waals surface area contributed by atoms with Gasteiger partial charge in [0.2, 0.25) is 0 Å². The van der Waals surface area contributed by atoms with Crippen LogP contribution in [0.2, 0.25) is 0 Å². The highest BCUT2D eigenvalue weighted by Gasteiger charge is 2.50. The van der Waals surface area contributed by atoms with E-state index in [9.17, 15) is 34.5 Å². The minimum Gasteiger partial charge on any atom is -0.479 e. The summed E-state index contributed by atoms with van der Waals surface area (Å²) in [7, 11) is 0. The maximum Gasteiger partial charge on any atom is 0.335 e. The predicted octanol–water partition coefficient (Wildman–Crippen LogP) is 15.1. The molecular formula is C63H104O12. The van der Waals surface area contributed by atoms with E-state index in [1.165, 1.54) is 77.0 Å². The summed E-state index contributed by atoms with van der Waals surface area (Å²) in [4.78, 5) is 51.0. The normalized spacial score (nSPS) is 18.8. The maximum atomic E-state index is 13.1. The van der Waals surface area contributed by atoms with Gasteiger partial charge in [-0.05, 0) is 83.5 Å². The molecule has 0 spiro atoms. The second-order valence-corrected chi connectivity index (χ2v) is 19.9. The van der Waals surface area contributed by atoms with Crippen molar-refractivity contribution in [1.29, 1.82) is 0 Å². The zero-order valence-corrected chi connectivity index (χ0v) is 47.0. The molecule has 12 heteroatoms. The molecule has 1 aliphatic heterocycles. The van der Waals surface area contributed by atoms with Gasteiger partial charge in [0.25, 0.3) is 0 Å². The van der Waals surface area contributed by atoms with E-state index in [2.05, 4.69) is 93.7 Å². The molecule has 0 aromatic carbocycles. The van der Waals surface area contributed by atoms with E-state index < -0.39 is 67.3 Å². The first kappa shape index (κ1) is 68.9. The van der Waals surface area contributed by atoms with E-state index in [-0.39, 0.29) is 25.9 Å². The van der Waals surface area contributed by atoms with Crippen LogP contribution in [0.15, 0.2) is 85.1 Å². The number of ether oxygens (including phenoxy) is 5. The summed E-state index contributed by atoms with van der Waals surface area (Å²) in [5.74, 6) is -3.24. The van der Waals surface area contributed by atoms with Gasteiger partial charge in [0.05, 0.1) is 6.61 Å². The number of allylic oxidation sites excluding steroid dienone is 14. The van der Waals surface area contributed by atoms with Gasteiger partial charge in [0.1, 0.15) is 18.8 Å². The highest BCUT2D eigenvalue weighted by atomic mass is 16.7. The number of carbonyl (C=O) groups is 4. The lowest BCUT2D eigenvalue weighted by molar-refractivity contribution is -0.301. The molecule has 3 N–H and O–H groups in total. The van der Waals surface area contributed by atoms with Crippen molar-refractivity contribution in [2.24, 2.45) is 0 Å². The molecule has 12 nitrogen and oxygen atoms in total. The Hall–Kier alpha value is -4.10. The molecule has 6 atom stereocenters. The van der Waals surface area contributed by atoms with Crippen LogP contribution in [0.3, 0.4) is 0 Å². The van der Waals surface area contributed by atoms with Gasteiger partial charge in [0.15, 0.2) is 24.6 Å². The van der Waals surface area contributed by atoms with Crippen LogP contribution in [0, 0.1) is 0 Å². The third-order valence-corrected chi connectivity index (χ3v) is 13.0. The highest BCUT2D eigenvalue weighted by Crippen LogP contribution is 2.26. The van der Waals surface area contributed by atoms with Crippen molar-refractivity contribution in [2.45, 2.75) is 276 Å². The van der Waals surface area contributed by atoms with Crippen LogP contribution in [-0.4, -0.2) is 89.2 Å². The molecule has 0 radical (unpaired) electrons. The summed E-state index contributed by atoms with van der Waals surface area (Å²) < 4.78 is 28.3. The lowest BCUT2D eigenvalue weighted by atomic mass is 9.98. The Morgan fingerprint density at radius 3 is 1.36 bits per heavy atom. The molecule has 75 heavy (non-hydrogen) atoms. The van der Waals surface area contributed by atoms with E-state index in [0.29, 0.717) is 25.7 Å². The van der Waals surface area contributed by atoms with Gasteiger partial charge in [-0.1, -0.05) is 221 Å². The third-order valence-electron chi connectivity index (χ3n) is 13.0. The van der Waals surface area contributed by atoms with Gasteiger partial charge in [0, 0.05) is 19.3 Å². The van der Waals surface area contributed by atoms with E-state index in [4.69, 9.17) is 23.7 Å². The number of unbranched alkanes of at least 4 members (excludes halogenated alkanes) is 21. The number of rotatable bonds is 49. The van der Waals surface area contributed by atoms with E-state index in [0.717, 1.165) is 96.3 Å². The molecule has 0 aliphatic carbocycles. The molecule has 1 heterocycles. The Bertz CT molecular complexity index is 1630. The minimum atomic E-state index is -1.91. The number of aliphatic carboxylic acids is 1. The quantitative estimate of drug-likeness (QED) is 0.0228. The summed E-state index contributed by atoms with van der Waals surface area (Å²) in [5, 5.41) is 31.4. The van der Waals surface area contributed by atoms with E-state index >= 15 is 0 Å². The molecule has 1 rings (SSSR count). The van der Waals surface area contributed by atoms with Crippen molar-refractivity contribution in [3.63, 3.8) is 0 Å². The third kappa shape index (κ3) is 40.8. The summed E-state index contributed by atoms with van der Waals surface area (Å²) in [6.45, 7) is 5.77. The van der Waals surface area contributed by atoms with Gasteiger partial charge >= 0.3 is 23.9 Å². The first-order valence-corrected chi connectivity index (χ1v) is 29.6. The Labute approximate surface area is 454 Å². The zero-order valence-electron chi connectivity index (χ0n) is 47.0. The fourth-order valence-electron chi connectivity index (χ4n) is 8.45. The van der Waals surface area contributed by atoms with Crippen LogP contribution in [0.4, 0.5) is 0 Å². The molecule has 0 bridgehead atoms. The number of carboxylic acids is 1. The molecule has 1 fully saturated rings. The van der Waals surface area contributed by atoms with Crippen LogP contribution in [0.1, 0.15) is 239 Å². The molecule has 0 amide bonds. The molecule has 1 aliphatic rings. The number of hydrogen-bond acceptors (Lipinski definition) is 11. The Balaban J connectivity index is 2.72. The lowest BCUT2D eigenvalue weighted by Crippen LogP contribution is -2.61. The van der Waals surface area contributed by atoms with Crippen LogP contribution in [0.5, 0.6) is 0 Å². The van der Waals surface area contributed by atoms with Crippen molar-refractivity contribution in [1.82, 2.24) is 0 Å². The van der Waals surface area contributed by atoms with Gasteiger partial charge in [-0.2, -0.15) is 0 Å². The number of carbonyl (C=O) groups excluding carboxylic acids is 3. The summed E-state index contributed by atoms with van der Waals surface area (Å²) in [6, 6.07) is 0. The topological polar surface area (TPSA) is 175 Å². The van der Waals surface area contributed by atoms with Crippen LogP contribution in [-0.2, 0) is 42.9 Å². The van der Waals surface area contributed by atoms with Crippen molar-refractivity contribution in [2.75, 3.05) is 13.2 Å². The van der Waals surface area contributed by atoms with Gasteiger partial charge in [-0.3, -0.25) is 14.4 Å². The number of hydrogen-bond donors (Lipinski definition) is 3. The van der Waals surface area contributed by atoms with Crippen molar-refractivity contribution in [3.05, 3.63) is 85.1 Å². The second kappa shape index (κ2) is 50.7. The first-order valence-electron chi connectivity index (χ1n) is 29.6. The van der Waals surface area contributed by atoms with Crippen LogP contribution in [0.25, 0.3) is 0 Å². The smallest absolute Gasteiger partial charge is 0.335 e. The fourth-order valence-corrected chi connectivity index (χ4v) is 8.45. The second-order valence-electron chi connectivity index (χ2n) is 19.9. The fraction of sp³-hybridized carbons (Fsp3) is 0.714. The molecule has 6 unspecified atom stereocenters. The number of aliphatic hydroxyl groups is 2. The average Bonchev–Trinajstić information content (AvgIpc) is 3.39. The molecule has 0 aromatic rings. The average molecular weight is 1050 g/mol. The number of carboxylic acid groups (broad SMARTS) is 1. The van der Waals surface area contributed by atoms with E-state index in [1.54, 1.807) is 0 Å². The zero-order chi connectivity index (χ0) is 54.7. The minimum absolute atomic E-state index is 0.0367.